The summed E-state index contributed by atoms with van der Waals surface area (Å²) in [6.45, 7) is 12.6. The Morgan fingerprint density at radius 3 is 2.70 bits per heavy atom. The van der Waals surface area contributed by atoms with E-state index in [1.165, 1.54) is 0 Å². The second-order valence-electron chi connectivity index (χ2n) is 7.26. The van der Waals surface area contributed by atoms with Crippen molar-refractivity contribution in [3.05, 3.63) is 23.5 Å². The van der Waals surface area contributed by atoms with E-state index in [0.717, 1.165) is 29.8 Å². The average Bonchev–Trinajstić information content (AvgIpc) is 2.43. The maximum absolute atomic E-state index is 12.2. The van der Waals surface area contributed by atoms with Gasteiger partial charge in [-0.3, -0.25) is 9.88 Å². The highest BCUT2D eigenvalue weighted by molar-refractivity contribution is 6.33. The van der Waals surface area contributed by atoms with Crippen LogP contribution in [0.25, 0.3) is 0 Å². The molecular weight excluding hydrogens is 289 g/mol. The van der Waals surface area contributed by atoms with E-state index >= 15 is 0 Å². The Morgan fingerprint density at radius 2 is 2.13 bits per heavy atom. The molecule has 23 heavy (non-hydrogen) atoms. The Bertz CT molecular complexity index is 571. The molecule has 124 valence electrons. The van der Waals surface area contributed by atoms with Crippen LogP contribution in [0, 0.1) is 6.92 Å². The van der Waals surface area contributed by atoms with Gasteiger partial charge in [0, 0.05) is 44.1 Å². The topological polar surface area (TPSA) is 45.7 Å². The number of aryl methyl sites for hydroxylation is 1. The molecule has 6 heteroatoms. The monoisotopic (exact) mass is 315 g/mol. The minimum Gasteiger partial charge on any atom is -0.444 e. The number of carbonyl (C=O) groups excluding carboxylic acids is 1. The van der Waals surface area contributed by atoms with Crippen LogP contribution in [0.1, 0.15) is 39.0 Å². The molecule has 0 spiro atoms. The standard InChI is InChI=1S/C17H26BN3O2/c1-12-10-21(16(22)23-17(3,4)5)7-6-20(12)11-14-8-15(18)13(2)19-9-14/h8-9,12H,6-7,10-11H2,1-5H3/t12-/m0/s1. The first kappa shape index (κ1) is 17.8. The van der Waals surface area contributed by atoms with Gasteiger partial charge in [-0.15, -0.1) is 0 Å². The lowest BCUT2D eigenvalue weighted by molar-refractivity contribution is 0.00460. The Morgan fingerprint density at radius 1 is 1.43 bits per heavy atom. The molecule has 1 saturated heterocycles. The summed E-state index contributed by atoms with van der Waals surface area (Å²) in [5.41, 5.74) is 2.23. The zero-order valence-corrected chi connectivity index (χ0v) is 14.8. The molecule has 1 amide bonds. The highest BCUT2D eigenvalue weighted by atomic mass is 16.6. The Hall–Kier alpha value is -1.56. The van der Waals surface area contributed by atoms with Crippen LogP contribution >= 0.6 is 0 Å². The van der Waals surface area contributed by atoms with Crippen LogP contribution in [0.5, 0.6) is 0 Å². The quantitative estimate of drug-likeness (QED) is 0.778. The average molecular weight is 315 g/mol. The highest BCUT2D eigenvalue weighted by Gasteiger charge is 2.29. The van der Waals surface area contributed by atoms with Crippen molar-refractivity contribution in [3.8, 4) is 0 Å². The third-order valence-electron chi connectivity index (χ3n) is 3.99. The molecule has 0 unspecified atom stereocenters. The lowest BCUT2D eigenvalue weighted by Gasteiger charge is -2.40. The van der Waals surface area contributed by atoms with Crippen LogP contribution in [0.15, 0.2) is 12.3 Å². The van der Waals surface area contributed by atoms with E-state index in [-0.39, 0.29) is 12.1 Å². The Labute approximate surface area is 140 Å². The van der Waals surface area contributed by atoms with E-state index in [4.69, 9.17) is 12.6 Å². The summed E-state index contributed by atoms with van der Waals surface area (Å²) >= 11 is 0. The number of nitrogens with zero attached hydrogens (tertiary/aromatic N) is 3. The number of aromatic nitrogens is 1. The molecule has 2 heterocycles. The van der Waals surface area contributed by atoms with Crippen molar-refractivity contribution in [2.24, 2.45) is 0 Å². The molecule has 1 fully saturated rings. The van der Waals surface area contributed by atoms with E-state index in [1.54, 1.807) is 4.90 Å². The number of pyridine rings is 1. The summed E-state index contributed by atoms with van der Waals surface area (Å²) in [6.07, 6.45) is 1.64. The van der Waals surface area contributed by atoms with Gasteiger partial charge in [-0.05, 0) is 40.2 Å². The van der Waals surface area contributed by atoms with Crippen molar-refractivity contribution in [1.82, 2.24) is 14.8 Å². The summed E-state index contributed by atoms with van der Waals surface area (Å²) in [6, 6.07) is 2.24. The minimum atomic E-state index is -0.456. The third kappa shape index (κ3) is 4.96. The Kier molecular flexibility index (Phi) is 5.35. The van der Waals surface area contributed by atoms with Crippen molar-refractivity contribution in [2.45, 2.75) is 52.8 Å². The van der Waals surface area contributed by atoms with Gasteiger partial charge in [0.2, 0.25) is 0 Å². The van der Waals surface area contributed by atoms with E-state index in [2.05, 4.69) is 16.8 Å². The predicted molar refractivity (Wildman–Crippen MR) is 92.0 cm³/mol. The van der Waals surface area contributed by atoms with E-state index in [1.807, 2.05) is 40.0 Å². The number of rotatable bonds is 2. The van der Waals surface area contributed by atoms with Crippen molar-refractivity contribution in [2.75, 3.05) is 19.6 Å². The van der Waals surface area contributed by atoms with Gasteiger partial charge in [0.25, 0.3) is 0 Å². The molecule has 0 aromatic carbocycles. The number of carbonyl (C=O) groups is 1. The molecule has 1 aromatic rings. The van der Waals surface area contributed by atoms with E-state index in [9.17, 15) is 4.79 Å². The molecule has 1 atom stereocenters. The normalized spacial score (nSPS) is 19.7. The molecule has 2 radical (unpaired) electrons. The van der Waals surface area contributed by atoms with Crippen LogP contribution in [0.4, 0.5) is 4.79 Å². The second kappa shape index (κ2) is 6.91. The van der Waals surface area contributed by atoms with Crippen LogP contribution in [-0.4, -0.2) is 60.0 Å². The number of ether oxygens (including phenoxy) is 1. The maximum Gasteiger partial charge on any atom is 0.410 e. The van der Waals surface area contributed by atoms with Crippen molar-refractivity contribution in [1.29, 1.82) is 0 Å². The van der Waals surface area contributed by atoms with Crippen LogP contribution in [-0.2, 0) is 11.3 Å². The molecule has 1 aliphatic heterocycles. The van der Waals surface area contributed by atoms with E-state index in [0.29, 0.717) is 13.1 Å². The fraction of sp³-hybridized carbons (Fsp3) is 0.647. The fourth-order valence-corrected chi connectivity index (χ4v) is 2.64. The van der Waals surface area contributed by atoms with Gasteiger partial charge >= 0.3 is 6.09 Å². The summed E-state index contributed by atoms with van der Waals surface area (Å²) in [5, 5.41) is 0. The highest BCUT2D eigenvalue weighted by Crippen LogP contribution is 2.16. The SMILES string of the molecule is [B]c1cc(CN2CCN(C(=O)OC(C)(C)C)C[C@@H]2C)cnc1C. The zero-order valence-electron chi connectivity index (χ0n) is 14.8. The molecule has 0 bridgehead atoms. The van der Waals surface area contributed by atoms with Crippen molar-refractivity contribution >= 4 is 19.4 Å². The lowest BCUT2D eigenvalue weighted by atomic mass is 9.93. The zero-order chi connectivity index (χ0) is 17.2. The molecule has 0 N–H and O–H groups in total. The first-order valence-corrected chi connectivity index (χ1v) is 8.08. The largest absolute Gasteiger partial charge is 0.444 e. The first-order valence-electron chi connectivity index (χ1n) is 8.08. The molecule has 5 nitrogen and oxygen atoms in total. The van der Waals surface area contributed by atoms with Gasteiger partial charge in [-0.25, -0.2) is 4.79 Å². The van der Waals surface area contributed by atoms with Crippen LogP contribution < -0.4 is 5.46 Å². The summed E-state index contributed by atoms with van der Waals surface area (Å²) in [4.78, 5) is 20.6. The number of hydrogen-bond acceptors (Lipinski definition) is 4. The van der Waals surface area contributed by atoms with Gasteiger partial charge in [0.05, 0.1) is 0 Å². The molecule has 1 aliphatic rings. The smallest absolute Gasteiger partial charge is 0.410 e. The van der Waals surface area contributed by atoms with Crippen molar-refractivity contribution < 1.29 is 9.53 Å². The number of piperazine rings is 1. The molecule has 0 aliphatic carbocycles. The summed E-state index contributed by atoms with van der Waals surface area (Å²) in [5.74, 6) is 0. The number of amides is 1. The maximum atomic E-state index is 12.2. The fourth-order valence-electron chi connectivity index (χ4n) is 2.64. The predicted octanol–water partition coefficient (Wildman–Crippen LogP) is 1.63. The van der Waals surface area contributed by atoms with Gasteiger partial charge < -0.3 is 9.64 Å². The van der Waals surface area contributed by atoms with Gasteiger partial charge in [-0.2, -0.15) is 0 Å². The molecule has 1 aromatic heterocycles. The lowest BCUT2D eigenvalue weighted by Crippen LogP contribution is -2.54. The van der Waals surface area contributed by atoms with Gasteiger partial charge in [-0.1, -0.05) is 11.5 Å². The third-order valence-corrected chi connectivity index (χ3v) is 3.99. The molecule has 2 rings (SSSR count). The molecule has 0 saturated carbocycles. The molecular formula is C17H26BN3O2. The van der Waals surface area contributed by atoms with Gasteiger partial charge in [0.15, 0.2) is 0 Å². The second-order valence-corrected chi connectivity index (χ2v) is 7.26. The minimum absolute atomic E-state index is 0.231. The van der Waals surface area contributed by atoms with Crippen LogP contribution in [0.2, 0.25) is 0 Å². The Balaban J connectivity index is 1.93. The van der Waals surface area contributed by atoms with Crippen molar-refractivity contribution in [3.63, 3.8) is 0 Å². The van der Waals surface area contributed by atoms with Gasteiger partial charge in [0.1, 0.15) is 13.4 Å². The first-order chi connectivity index (χ1) is 10.7. The number of hydrogen-bond donors (Lipinski definition) is 0. The van der Waals surface area contributed by atoms with E-state index < -0.39 is 5.60 Å². The van der Waals surface area contributed by atoms with Crippen LogP contribution in [0.3, 0.4) is 0 Å². The summed E-state index contributed by atoms with van der Waals surface area (Å²) < 4.78 is 5.45. The summed E-state index contributed by atoms with van der Waals surface area (Å²) in [7, 11) is 5.93.